The zero-order valence-corrected chi connectivity index (χ0v) is 10.2. The Morgan fingerprint density at radius 3 is 2.56 bits per heavy atom. The first kappa shape index (κ1) is 12.6. The van der Waals surface area contributed by atoms with Crippen molar-refractivity contribution in [3.8, 4) is 0 Å². The number of imide groups is 1. The molecule has 1 fully saturated rings. The van der Waals surface area contributed by atoms with Crippen LogP contribution >= 0.6 is 11.8 Å². The third-order valence-electron chi connectivity index (χ3n) is 2.55. The summed E-state index contributed by atoms with van der Waals surface area (Å²) in [4.78, 5) is 35.2. The Labute approximate surface area is 108 Å². The lowest BCUT2D eigenvalue weighted by Crippen LogP contribution is -2.31. The molecule has 1 heterocycles. The molecule has 0 aromatic heterocycles. The van der Waals surface area contributed by atoms with Gasteiger partial charge in [-0.1, -0.05) is 42.1 Å². The summed E-state index contributed by atoms with van der Waals surface area (Å²) >= 11 is 0.786. The molecule has 0 bridgehead atoms. The van der Waals surface area contributed by atoms with Gasteiger partial charge in [0.05, 0.1) is 13.0 Å². The van der Waals surface area contributed by atoms with Crippen LogP contribution in [0.1, 0.15) is 12.0 Å². The summed E-state index contributed by atoms with van der Waals surface area (Å²) < 4.78 is 0. The Kier molecular flexibility index (Phi) is 3.66. The van der Waals surface area contributed by atoms with Crippen molar-refractivity contribution in [2.75, 3.05) is 0 Å². The van der Waals surface area contributed by atoms with E-state index in [0.717, 1.165) is 22.2 Å². The lowest BCUT2D eigenvalue weighted by Gasteiger charge is -2.13. The van der Waals surface area contributed by atoms with Gasteiger partial charge in [0, 0.05) is 0 Å². The van der Waals surface area contributed by atoms with Crippen LogP contribution in [0.4, 0.5) is 4.79 Å². The van der Waals surface area contributed by atoms with Gasteiger partial charge in [-0.2, -0.15) is 0 Å². The fourth-order valence-corrected chi connectivity index (χ4v) is 2.67. The summed E-state index contributed by atoms with van der Waals surface area (Å²) in [5, 5.41) is 7.49. The van der Waals surface area contributed by atoms with Crippen LogP contribution < -0.4 is 0 Å². The van der Waals surface area contributed by atoms with Crippen molar-refractivity contribution >= 4 is 28.9 Å². The second kappa shape index (κ2) is 5.22. The van der Waals surface area contributed by atoms with E-state index in [0.29, 0.717) is 0 Å². The number of benzene rings is 1. The molecule has 1 saturated heterocycles. The normalized spacial score (nSPS) is 19.3. The summed E-state index contributed by atoms with van der Waals surface area (Å²) in [6.07, 6.45) is -0.319. The highest BCUT2D eigenvalue weighted by molar-refractivity contribution is 8.15. The van der Waals surface area contributed by atoms with Gasteiger partial charge in [0.2, 0.25) is 5.91 Å². The van der Waals surface area contributed by atoms with E-state index >= 15 is 0 Å². The van der Waals surface area contributed by atoms with Crippen molar-refractivity contribution in [2.24, 2.45) is 0 Å². The summed E-state index contributed by atoms with van der Waals surface area (Å²) in [5.41, 5.74) is 0.843. The van der Waals surface area contributed by atoms with Crippen LogP contribution in [0.2, 0.25) is 0 Å². The number of carbonyl (C=O) groups is 3. The van der Waals surface area contributed by atoms with Crippen molar-refractivity contribution < 1.29 is 19.5 Å². The van der Waals surface area contributed by atoms with E-state index in [2.05, 4.69) is 0 Å². The van der Waals surface area contributed by atoms with Crippen LogP contribution in [0.5, 0.6) is 0 Å². The molecule has 18 heavy (non-hydrogen) atoms. The number of carbonyl (C=O) groups excluding carboxylic acids is 2. The quantitative estimate of drug-likeness (QED) is 0.897. The first-order valence-electron chi connectivity index (χ1n) is 5.35. The minimum atomic E-state index is -1.07. The minimum absolute atomic E-state index is 0.196. The van der Waals surface area contributed by atoms with Crippen molar-refractivity contribution in [3.05, 3.63) is 35.9 Å². The molecule has 94 valence electrons. The molecular formula is C12H11NO4S. The number of carboxylic acid groups (broad SMARTS) is 1. The number of thioether (sulfide) groups is 1. The molecule has 2 rings (SSSR count). The zero-order valence-electron chi connectivity index (χ0n) is 9.41. The Balaban J connectivity index is 2.08. The predicted octanol–water partition coefficient (Wildman–Crippen LogP) is 1.73. The van der Waals surface area contributed by atoms with Crippen LogP contribution in [0.25, 0.3) is 0 Å². The molecule has 0 spiro atoms. The van der Waals surface area contributed by atoms with Gasteiger partial charge in [-0.25, -0.2) is 0 Å². The highest BCUT2D eigenvalue weighted by Crippen LogP contribution is 2.30. The molecule has 1 aromatic carbocycles. The van der Waals surface area contributed by atoms with E-state index in [1.165, 1.54) is 0 Å². The number of aliphatic carboxylic acids is 1. The number of carboxylic acids is 1. The zero-order chi connectivity index (χ0) is 13.1. The predicted molar refractivity (Wildman–Crippen MR) is 66.0 cm³/mol. The van der Waals surface area contributed by atoms with Gasteiger partial charge in [-0.3, -0.25) is 19.3 Å². The van der Waals surface area contributed by atoms with Crippen LogP contribution in [-0.2, 0) is 16.1 Å². The average molecular weight is 265 g/mol. The second-order valence-electron chi connectivity index (χ2n) is 3.88. The first-order chi connectivity index (χ1) is 8.58. The van der Waals surface area contributed by atoms with Crippen LogP contribution in [-0.4, -0.2) is 32.4 Å². The van der Waals surface area contributed by atoms with Gasteiger partial charge in [-0.15, -0.1) is 0 Å². The highest BCUT2D eigenvalue weighted by atomic mass is 32.2. The lowest BCUT2D eigenvalue weighted by molar-refractivity contribution is -0.139. The number of hydrogen-bond acceptors (Lipinski definition) is 4. The third-order valence-corrected chi connectivity index (χ3v) is 3.62. The number of rotatable bonds is 4. The average Bonchev–Trinajstić information content (AvgIpc) is 2.58. The van der Waals surface area contributed by atoms with Gasteiger partial charge in [-0.05, 0) is 5.56 Å². The molecule has 1 aromatic rings. The SMILES string of the molecule is O=C(O)C[C@H]1SC(=O)N(Cc2ccccc2)C1=O. The van der Waals surface area contributed by atoms with E-state index in [1.807, 2.05) is 30.3 Å². The molecule has 1 N–H and O–H groups in total. The Hall–Kier alpha value is -1.82. The molecule has 1 aliphatic rings. The topological polar surface area (TPSA) is 74.7 Å². The van der Waals surface area contributed by atoms with Crippen molar-refractivity contribution in [1.82, 2.24) is 4.90 Å². The number of amides is 2. The maximum Gasteiger partial charge on any atom is 0.305 e. The maximum absolute atomic E-state index is 11.9. The van der Waals surface area contributed by atoms with Crippen molar-refractivity contribution in [2.45, 2.75) is 18.2 Å². The van der Waals surface area contributed by atoms with E-state index < -0.39 is 17.1 Å². The summed E-state index contributed by atoms with van der Waals surface area (Å²) in [6, 6.07) is 9.12. The van der Waals surface area contributed by atoms with Crippen LogP contribution in [0, 0.1) is 0 Å². The smallest absolute Gasteiger partial charge is 0.305 e. The third kappa shape index (κ3) is 2.70. The molecule has 1 atom stereocenters. The van der Waals surface area contributed by atoms with Crippen molar-refractivity contribution in [3.63, 3.8) is 0 Å². The van der Waals surface area contributed by atoms with Crippen molar-refractivity contribution in [1.29, 1.82) is 0 Å². The first-order valence-corrected chi connectivity index (χ1v) is 6.23. The van der Waals surface area contributed by atoms with Gasteiger partial charge < -0.3 is 5.11 Å². The Morgan fingerprint density at radius 2 is 1.94 bits per heavy atom. The lowest BCUT2D eigenvalue weighted by atomic mass is 10.2. The van der Waals surface area contributed by atoms with Crippen LogP contribution in [0.15, 0.2) is 30.3 Å². The molecule has 1 aliphatic heterocycles. The van der Waals surface area contributed by atoms with Crippen LogP contribution in [0.3, 0.4) is 0 Å². The summed E-state index contributed by atoms with van der Waals surface area (Å²) in [7, 11) is 0. The van der Waals surface area contributed by atoms with Gasteiger partial charge in [0.25, 0.3) is 5.24 Å². The Bertz CT molecular complexity index is 488. The summed E-state index contributed by atoms with van der Waals surface area (Å²) in [5.74, 6) is -1.49. The number of hydrogen-bond donors (Lipinski definition) is 1. The van der Waals surface area contributed by atoms with E-state index in [1.54, 1.807) is 0 Å². The molecule has 0 unspecified atom stereocenters. The largest absolute Gasteiger partial charge is 0.481 e. The van der Waals surface area contributed by atoms with E-state index in [9.17, 15) is 14.4 Å². The highest BCUT2D eigenvalue weighted by Gasteiger charge is 2.40. The van der Waals surface area contributed by atoms with Gasteiger partial charge >= 0.3 is 5.97 Å². The monoisotopic (exact) mass is 265 g/mol. The fourth-order valence-electron chi connectivity index (χ4n) is 1.70. The second-order valence-corrected chi connectivity index (χ2v) is 5.03. The maximum atomic E-state index is 11.9. The van der Waals surface area contributed by atoms with E-state index in [4.69, 9.17) is 5.11 Å². The standard InChI is InChI=1S/C12H11NO4S/c14-10(15)6-9-11(16)13(12(17)18-9)7-8-4-2-1-3-5-8/h1-5,9H,6-7H2,(H,14,15)/t9-/m1/s1. The molecular weight excluding hydrogens is 254 g/mol. The molecule has 6 heteroatoms. The van der Waals surface area contributed by atoms with Gasteiger partial charge in [0.1, 0.15) is 5.25 Å². The fraction of sp³-hybridized carbons (Fsp3) is 0.250. The number of nitrogens with zero attached hydrogens (tertiary/aromatic N) is 1. The minimum Gasteiger partial charge on any atom is -0.481 e. The van der Waals surface area contributed by atoms with E-state index in [-0.39, 0.29) is 18.2 Å². The van der Waals surface area contributed by atoms with Gasteiger partial charge in [0.15, 0.2) is 0 Å². The molecule has 0 saturated carbocycles. The molecule has 2 amide bonds. The summed E-state index contributed by atoms with van der Waals surface area (Å²) in [6.45, 7) is 0.196. The molecule has 0 aliphatic carbocycles. The molecule has 5 nitrogen and oxygen atoms in total. The Morgan fingerprint density at radius 1 is 1.28 bits per heavy atom. The molecule has 0 radical (unpaired) electrons.